The molecule has 1 atom stereocenters. The number of carbonyl (C=O) groups is 3. The first kappa shape index (κ1) is 30.3. The lowest BCUT2D eigenvalue weighted by Gasteiger charge is -2.42. The van der Waals surface area contributed by atoms with E-state index in [9.17, 15) is 22.8 Å². The van der Waals surface area contributed by atoms with E-state index in [1.807, 2.05) is 0 Å². The van der Waals surface area contributed by atoms with Gasteiger partial charge >= 0.3 is 12.1 Å². The average molecular weight is 583 g/mol. The number of aryl methyl sites for hydroxylation is 1. The van der Waals surface area contributed by atoms with Crippen LogP contribution in [0.4, 0.5) is 4.79 Å². The number of ether oxygens (including phenoxy) is 3. The number of carbonyl (C=O) groups excluding carboxylic acids is 3. The minimum absolute atomic E-state index is 0.0142. The van der Waals surface area contributed by atoms with Crippen molar-refractivity contribution in [3.63, 3.8) is 0 Å². The van der Waals surface area contributed by atoms with Crippen LogP contribution < -0.4 is 0 Å². The summed E-state index contributed by atoms with van der Waals surface area (Å²) in [6, 6.07) is -0.798. The molecule has 12 nitrogen and oxygen atoms in total. The molecule has 0 unspecified atom stereocenters. The fourth-order valence-corrected chi connectivity index (χ4v) is 8.41. The molecule has 1 aromatic heterocycles. The molecule has 1 aromatic rings. The summed E-state index contributed by atoms with van der Waals surface area (Å²) in [5, 5.41) is 4.22. The summed E-state index contributed by atoms with van der Waals surface area (Å²) in [6.45, 7) is 14.1. The third-order valence-electron chi connectivity index (χ3n) is 8.16. The first-order valence-corrected chi connectivity index (χ1v) is 15.2. The summed E-state index contributed by atoms with van der Waals surface area (Å²) in [5.74, 6) is -0.952. The van der Waals surface area contributed by atoms with Crippen molar-refractivity contribution < 1.29 is 37.0 Å². The molecule has 0 aromatic carbocycles. The Morgan fingerprint density at radius 2 is 1.77 bits per heavy atom. The highest BCUT2D eigenvalue weighted by molar-refractivity contribution is 7.94. The molecule has 2 amide bonds. The first-order chi connectivity index (χ1) is 18.3. The van der Waals surface area contributed by atoms with Gasteiger partial charge in [0.05, 0.1) is 28.7 Å². The lowest BCUT2D eigenvalue weighted by Crippen LogP contribution is -2.61. The minimum atomic E-state index is -3.92. The van der Waals surface area contributed by atoms with E-state index in [-0.39, 0.29) is 43.6 Å². The number of aromatic nitrogens is 2. The predicted molar refractivity (Wildman–Crippen MR) is 146 cm³/mol. The largest absolute Gasteiger partial charge is 0.461 e. The Morgan fingerprint density at radius 1 is 1.15 bits per heavy atom. The highest BCUT2D eigenvalue weighted by Crippen LogP contribution is 2.52. The van der Waals surface area contributed by atoms with Crippen molar-refractivity contribution in [1.82, 2.24) is 19.6 Å². The van der Waals surface area contributed by atoms with Gasteiger partial charge in [-0.25, -0.2) is 18.0 Å². The van der Waals surface area contributed by atoms with Crippen LogP contribution >= 0.6 is 0 Å². The maximum absolute atomic E-state index is 14.4. The van der Waals surface area contributed by atoms with Crippen LogP contribution in [0.5, 0.6) is 0 Å². The molecule has 224 valence electrons. The summed E-state index contributed by atoms with van der Waals surface area (Å²) in [5.41, 5.74) is -0.926. The first-order valence-electron chi connectivity index (χ1n) is 13.7. The van der Waals surface area contributed by atoms with E-state index in [0.717, 1.165) is 0 Å². The second-order valence-electron chi connectivity index (χ2n) is 12.9. The normalized spacial score (nSPS) is 22.2. The smallest absolute Gasteiger partial charge is 0.412 e. The topological polar surface area (TPSA) is 137 Å². The highest BCUT2D eigenvalue weighted by Gasteiger charge is 2.65. The maximum atomic E-state index is 14.4. The zero-order chi connectivity index (χ0) is 30.1. The highest BCUT2D eigenvalue weighted by atomic mass is 32.2. The number of nitrogens with zero attached hydrogens (tertiary/aromatic N) is 4. The number of sulfone groups is 1. The van der Waals surface area contributed by atoms with Crippen molar-refractivity contribution in [2.75, 3.05) is 26.3 Å². The van der Waals surface area contributed by atoms with Gasteiger partial charge in [-0.05, 0) is 74.7 Å². The molecule has 1 saturated heterocycles. The maximum Gasteiger partial charge on any atom is 0.412 e. The van der Waals surface area contributed by atoms with Crippen LogP contribution in [0.25, 0.3) is 0 Å². The SMILES string of the molecule is CCOC(=O)c1nn(C)c2c1CCN(CC1(S(=O)(=O)C(C)(C)[C@H]3COC(C)(C)N3C(=O)OC(C)(C)C)CC1)C2=O. The van der Waals surface area contributed by atoms with Crippen LogP contribution in [-0.2, 0) is 37.5 Å². The monoisotopic (exact) mass is 582 g/mol. The Bertz CT molecular complexity index is 1320. The van der Waals surface area contributed by atoms with Gasteiger partial charge in [0, 0.05) is 25.7 Å². The van der Waals surface area contributed by atoms with Crippen LogP contribution in [-0.4, -0.2) is 99.1 Å². The summed E-state index contributed by atoms with van der Waals surface area (Å²) in [6.07, 6.45) is 0.524. The van der Waals surface area contributed by atoms with Gasteiger partial charge in [-0.1, -0.05) is 0 Å². The Balaban J connectivity index is 1.60. The molecule has 2 fully saturated rings. The molecule has 13 heteroatoms. The molecule has 1 aliphatic carbocycles. The van der Waals surface area contributed by atoms with Crippen molar-refractivity contribution in [2.45, 2.75) is 102 Å². The quantitative estimate of drug-likeness (QED) is 0.444. The van der Waals surface area contributed by atoms with Crippen molar-refractivity contribution in [3.8, 4) is 0 Å². The van der Waals surface area contributed by atoms with E-state index in [1.165, 1.54) is 9.58 Å². The summed E-state index contributed by atoms with van der Waals surface area (Å²) < 4.78 is 44.2. The number of esters is 1. The number of hydrogen-bond donors (Lipinski definition) is 0. The number of fused-ring (bicyclic) bond motifs is 1. The zero-order valence-corrected chi connectivity index (χ0v) is 25.8. The van der Waals surface area contributed by atoms with Gasteiger partial charge in [0.1, 0.15) is 17.0 Å². The second kappa shape index (κ2) is 9.71. The molecule has 4 rings (SSSR count). The van der Waals surface area contributed by atoms with E-state index in [1.54, 1.807) is 67.3 Å². The molecule has 0 radical (unpaired) electrons. The van der Waals surface area contributed by atoms with Gasteiger partial charge in [-0.15, -0.1) is 0 Å². The average Bonchev–Trinajstić information content (AvgIpc) is 3.42. The minimum Gasteiger partial charge on any atom is -0.461 e. The molecular weight excluding hydrogens is 540 g/mol. The van der Waals surface area contributed by atoms with Crippen molar-refractivity contribution >= 4 is 27.8 Å². The number of rotatable bonds is 7. The fourth-order valence-electron chi connectivity index (χ4n) is 5.79. The van der Waals surface area contributed by atoms with E-state index < -0.39 is 48.8 Å². The van der Waals surface area contributed by atoms with Gasteiger partial charge in [0.2, 0.25) is 0 Å². The zero-order valence-electron chi connectivity index (χ0n) is 25.0. The van der Waals surface area contributed by atoms with Crippen molar-refractivity contribution in [2.24, 2.45) is 7.05 Å². The molecule has 3 aliphatic rings. The van der Waals surface area contributed by atoms with E-state index in [0.29, 0.717) is 24.8 Å². The summed E-state index contributed by atoms with van der Waals surface area (Å²) in [4.78, 5) is 42.1. The molecule has 1 saturated carbocycles. The van der Waals surface area contributed by atoms with Crippen LogP contribution in [0, 0.1) is 0 Å². The van der Waals surface area contributed by atoms with Crippen molar-refractivity contribution in [1.29, 1.82) is 0 Å². The van der Waals surface area contributed by atoms with E-state index in [2.05, 4.69) is 5.10 Å². The third kappa shape index (κ3) is 4.88. The predicted octanol–water partition coefficient (Wildman–Crippen LogP) is 2.69. The van der Waals surface area contributed by atoms with Crippen molar-refractivity contribution in [3.05, 3.63) is 17.0 Å². The van der Waals surface area contributed by atoms with E-state index in [4.69, 9.17) is 14.2 Å². The summed E-state index contributed by atoms with van der Waals surface area (Å²) in [7, 11) is -2.33. The lowest BCUT2D eigenvalue weighted by atomic mass is 10.0. The number of amides is 2. The van der Waals surface area contributed by atoms with Gasteiger partial charge in [0.25, 0.3) is 5.91 Å². The molecular formula is C27H42N4O8S. The molecule has 3 heterocycles. The molecule has 0 spiro atoms. The number of hydrogen-bond acceptors (Lipinski definition) is 9. The van der Waals surface area contributed by atoms with Gasteiger partial charge in [-0.2, -0.15) is 5.10 Å². The molecule has 2 aliphatic heterocycles. The lowest BCUT2D eigenvalue weighted by molar-refractivity contribution is -0.0634. The van der Waals surface area contributed by atoms with Gasteiger partial charge < -0.3 is 19.1 Å². The second-order valence-corrected chi connectivity index (χ2v) is 15.8. The molecule has 0 bridgehead atoms. The van der Waals surface area contributed by atoms with Gasteiger partial charge in [0.15, 0.2) is 15.5 Å². The van der Waals surface area contributed by atoms with Crippen LogP contribution in [0.1, 0.15) is 94.8 Å². The Labute approximate surface area is 236 Å². The van der Waals surface area contributed by atoms with Gasteiger partial charge in [-0.3, -0.25) is 14.4 Å². The Morgan fingerprint density at radius 3 is 2.33 bits per heavy atom. The van der Waals surface area contributed by atoms with Crippen LogP contribution in [0.3, 0.4) is 0 Å². The standard InChI is InChI=1S/C27H42N4O8S/c1-10-37-22(33)19-17-11-14-30(21(32)20(17)29(9)28-19)16-27(12-13-27)40(35,36)25(5,6)18-15-38-26(7,8)31(18)23(34)39-24(2,3)4/h18H,10-16H2,1-9H3/t18-/m1/s1. The third-order valence-corrected chi connectivity index (χ3v) is 11.5. The van der Waals surface area contributed by atoms with Crippen LogP contribution in [0.15, 0.2) is 0 Å². The molecule has 0 N–H and O–H groups in total. The Kier molecular flexibility index (Phi) is 7.36. The van der Waals surface area contributed by atoms with E-state index >= 15 is 0 Å². The summed E-state index contributed by atoms with van der Waals surface area (Å²) >= 11 is 0. The van der Waals surface area contributed by atoms with Crippen LogP contribution in [0.2, 0.25) is 0 Å². The molecule has 40 heavy (non-hydrogen) atoms. The fraction of sp³-hybridized carbons (Fsp3) is 0.778. The Hall–Kier alpha value is -2.67.